The summed E-state index contributed by atoms with van der Waals surface area (Å²) in [4.78, 5) is 38.7. The molecule has 0 spiro atoms. The van der Waals surface area contributed by atoms with Gasteiger partial charge in [0, 0.05) is 10.5 Å². The van der Waals surface area contributed by atoms with Crippen LogP contribution in [0.15, 0.2) is 53.4 Å². The Morgan fingerprint density at radius 1 is 1.12 bits per heavy atom. The minimum atomic E-state index is -0.602. The van der Waals surface area contributed by atoms with E-state index in [0.717, 1.165) is 15.4 Å². The molecule has 0 unspecified atom stereocenters. The van der Waals surface area contributed by atoms with Gasteiger partial charge in [-0.15, -0.1) is 11.8 Å². The maximum Gasteiger partial charge on any atom is 0.326 e. The van der Waals surface area contributed by atoms with Gasteiger partial charge in [0.05, 0.1) is 6.42 Å². The van der Waals surface area contributed by atoms with Crippen LogP contribution in [-0.4, -0.2) is 35.5 Å². The second-order valence-electron chi connectivity index (χ2n) is 5.63. The number of benzene rings is 2. The molecule has 1 aliphatic rings. The van der Waals surface area contributed by atoms with Crippen LogP contribution in [0.1, 0.15) is 21.5 Å². The minimum absolute atomic E-state index is 0.111. The van der Waals surface area contributed by atoms with E-state index in [9.17, 15) is 14.4 Å². The Labute approximate surface area is 150 Å². The molecule has 128 valence electrons. The van der Waals surface area contributed by atoms with Gasteiger partial charge in [0.25, 0.3) is 5.91 Å². The Kier molecular flexibility index (Phi) is 5.19. The monoisotopic (exact) mass is 355 g/mol. The van der Waals surface area contributed by atoms with Crippen LogP contribution in [0.2, 0.25) is 0 Å². The predicted molar refractivity (Wildman–Crippen MR) is 94.2 cm³/mol. The number of esters is 1. The molecule has 25 heavy (non-hydrogen) atoms. The van der Waals surface area contributed by atoms with Gasteiger partial charge in [-0.25, -0.2) is 0 Å². The van der Waals surface area contributed by atoms with Crippen molar-refractivity contribution in [2.24, 2.45) is 0 Å². The average Bonchev–Trinajstić information content (AvgIpc) is 2.64. The highest BCUT2D eigenvalue weighted by molar-refractivity contribution is 7.98. The van der Waals surface area contributed by atoms with Crippen LogP contribution in [0, 0.1) is 0 Å². The number of imide groups is 1. The average molecular weight is 355 g/mol. The van der Waals surface area contributed by atoms with E-state index in [1.54, 1.807) is 36.0 Å². The molecule has 0 N–H and O–H groups in total. The van der Waals surface area contributed by atoms with Gasteiger partial charge in [0.15, 0.2) is 0 Å². The molecule has 0 aromatic heterocycles. The van der Waals surface area contributed by atoms with Crippen molar-refractivity contribution in [2.75, 3.05) is 12.8 Å². The Morgan fingerprint density at radius 2 is 1.84 bits per heavy atom. The summed E-state index contributed by atoms with van der Waals surface area (Å²) in [7, 11) is 0. The van der Waals surface area contributed by atoms with Crippen LogP contribution in [0.4, 0.5) is 0 Å². The lowest BCUT2D eigenvalue weighted by Gasteiger charge is -2.25. The first kappa shape index (κ1) is 17.2. The zero-order chi connectivity index (χ0) is 17.8. The van der Waals surface area contributed by atoms with E-state index in [1.165, 1.54) is 0 Å². The normalized spacial score (nSPS) is 13.6. The summed E-state index contributed by atoms with van der Waals surface area (Å²) in [5.41, 5.74) is 2.01. The molecule has 5 nitrogen and oxygen atoms in total. The summed E-state index contributed by atoms with van der Waals surface area (Å²) in [5.74, 6) is -1.44. The molecule has 0 fully saturated rings. The molecule has 0 atom stereocenters. The molecule has 1 aliphatic heterocycles. The van der Waals surface area contributed by atoms with E-state index in [2.05, 4.69) is 0 Å². The van der Waals surface area contributed by atoms with Crippen LogP contribution in [-0.2, 0) is 27.4 Å². The highest BCUT2D eigenvalue weighted by Gasteiger charge is 2.32. The Hall–Kier alpha value is -2.60. The van der Waals surface area contributed by atoms with E-state index in [0.29, 0.717) is 11.1 Å². The van der Waals surface area contributed by atoms with Gasteiger partial charge in [-0.3, -0.25) is 19.3 Å². The molecule has 0 saturated carbocycles. The molecule has 2 aromatic rings. The van der Waals surface area contributed by atoms with Gasteiger partial charge in [-0.05, 0) is 35.6 Å². The van der Waals surface area contributed by atoms with Crippen molar-refractivity contribution >= 4 is 29.5 Å². The summed E-state index contributed by atoms with van der Waals surface area (Å²) in [6.45, 7) is -0.255. The van der Waals surface area contributed by atoms with E-state index < -0.39 is 11.9 Å². The predicted octanol–water partition coefficient (Wildman–Crippen LogP) is 2.68. The summed E-state index contributed by atoms with van der Waals surface area (Å²) in [5, 5.41) is 0. The first-order chi connectivity index (χ1) is 12.1. The molecule has 2 amide bonds. The minimum Gasteiger partial charge on any atom is -0.459 e. The molecule has 0 saturated heterocycles. The third-order valence-electron chi connectivity index (χ3n) is 3.98. The number of amides is 2. The fourth-order valence-corrected chi connectivity index (χ4v) is 3.03. The van der Waals surface area contributed by atoms with Crippen molar-refractivity contribution in [3.8, 4) is 0 Å². The van der Waals surface area contributed by atoms with Crippen molar-refractivity contribution < 1.29 is 19.1 Å². The summed E-state index contributed by atoms with van der Waals surface area (Å²) >= 11 is 1.63. The van der Waals surface area contributed by atoms with E-state index in [1.807, 2.05) is 30.5 Å². The maximum absolute atomic E-state index is 12.4. The van der Waals surface area contributed by atoms with Crippen molar-refractivity contribution in [3.63, 3.8) is 0 Å². The van der Waals surface area contributed by atoms with E-state index in [-0.39, 0.29) is 25.5 Å². The standard InChI is InChI=1S/C19H17NO4S/c1-25-15-8-6-13(7-9-15)12-24-18(22)11-20-17(21)10-14-4-2-3-5-16(14)19(20)23/h2-9H,10-12H2,1H3. The molecule has 3 rings (SSSR count). The quantitative estimate of drug-likeness (QED) is 0.469. The molecule has 6 heteroatoms. The third kappa shape index (κ3) is 3.91. The summed E-state index contributed by atoms with van der Waals surface area (Å²) < 4.78 is 5.20. The maximum atomic E-state index is 12.4. The highest BCUT2D eigenvalue weighted by Crippen LogP contribution is 2.20. The Bertz CT molecular complexity index is 816. The van der Waals surface area contributed by atoms with Gasteiger partial charge in [0.1, 0.15) is 13.2 Å². The molecule has 2 aromatic carbocycles. The number of carbonyl (C=O) groups is 3. The number of hydrogen-bond acceptors (Lipinski definition) is 5. The first-order valence-electron chi connectivity index (χ1n) is 7.79. The number of rotatable bonds is 5. The highest BCUT2D eigenvalue weighted by atomic mass is 32.2. The number of hydrogen-bond donors (Lipinski definition) is 0. The molecular weight excluding hydrogens is 338 g/mol. The lowest BCUT2D eigenvalue weighted by molar-refractivity contribution is -0.149. The van der Waals surface area contributed by atoms with E-state index in [4.69, 9.17) is 4.74 Å². The Morgan fingerprint density at radius 3 is 2.56 bits per heavy atom. The molecule has 0 bridgehead atoms. The van der Waals surface area contributed by atoms with Crippen molar-refractivity contribution in [2.45, 2.75) is 17.9 Å². The van der Waals surface area contributed by atoms with Gasteiger partial charge >= 0.3 is 5.97 Å². The fraction of sp³-hybridized carbons (Fsp3) is 0.211. The van der Waals surface area contributed by atoms with E-state index >= 15 is 0 Å². The number of ether oxygens (including phenoxy) is 1. The van der Waals surface area contributed by atoms with Crippen LogP contribution in [0.5, 0.6) is 0 Å². The molecule has 0 radical (unpaired) electrons. The molecular formula is C19H17NO4S. The van der Waals surface area contributed by atoms with Gasteiger partial charge in [-0.1, -0.05) is 30.3 Å². The fourth-order valence-electron chi connectivity index (χ4n) is 2.62. The van der Waals surface area contributed by atoms with Gasteiger partial charge in [0.2, 0.25) is 5.91 Å². The Balaban J connectivity index is 1.60. The molecule has 1 heterocycles. The molecule has 0 aliphatic carbocycles. The topological polar surface area (TPSA) is 63.7 Å². The summed E-state index contributed by atoms with van der Waals surface area (Å²) in [6.07, 6.45) is 2.10. The van der Waals surface area contributed by atoms with Gasteiger partial charge in [-0.2, -0.15) is 0 Å². The number of fused-ring (bicyclic) bond motifs is 1. The summed E-state index contributed by atoms with van der Waals surface area (Å²) in [6, 6.07) is 14.6. The SMILES string of the molecule is CSc1ccc(COC(=O)CN2C(=O)Cc3ccccc3C2=O)cc1. The lowest BCUT2D eigenvalue weighted by atomic mass is 9.98. The van der Waals surface area contributed by atoms with Crippen molar-refractivity contribution in [3.05, 3.63) is 65.2 Å². The second kappa shape index (κ2) is 7.53. The van der Waals surface area contributed by atoms with Crippen LogP contribution in [0.3, 0.4) is 0 Å². The smallest absolute Gasteiger partial charge is 0.326 e. The first-order valence-corrected chi connectivity index (χ1v) is 9.02. The second-order valence-corrected chi connectivity index (χ2v) is 6.51. The van der Waals surface area contributed by atoms with Crippen molar-refractivity contribution in [1.29, 1.82) is 0 Å². The number of nitrogens with zero attached hydrogens (tertiary/aromatic N) is 1. The largest absolute Gasteiger partial charge is 0.459 e. The van der Waals surface area contributed by atoms with Crippen LogP contribution < -0.4 is 0 Å². The number of thioether (sulfide) groups is 1. The van der Waals surface area contributed by atoms with Crippen LogP contribution in [0.25, 0.3) is 0 Å². The third-order valence-corrected chi connectivity index (χ3v) is 4.73. The number of carbonyl (C=O) groups excluding carboxylic acids is 3. The zero-order valence-corrected chi connectivity index (χ0v) is 14.5. The van der Waals surface area contributed by atoms with Crippen molar-refractivity contribution in [1.82, 2.24) is 4.90 Å². The lowest BCUT2D eigenvalue weighted by Crippen LogP contribution is -2.45. The van der Waals surface area contributed by atoms with Gasteiger partial charge < -0.3 is 4.74 Å². The zero-order valence-electron chi connectivity index (χ0n) is 13.7. The van der Waals surface area contributed by atoms with Crippen LogP contribution >= 0.6 is 11.8 Å².